The first-order chi connectivity index (χ1) is 11.1. The monoisotopic (exact) mass is 348 g/mol. The maximum atomic E-state index is 12.2. The number of nitrogens with one attached hydrogen (secondary N) is 2. The molecule has 0 heterocycles. The summed E-state index contributed by atoms with van der Waals surface area (Å²) in [5.41, 5.74) is 3.30. The van der Waals surface area contributed by atoms with Crippen molar-refractivity contribution < 1.29 is 9.53 Å². The predicted molar refractivity (Wildman–Crippen MR) is 100.0 cm³/mol. The molecule has 0 spiro atoms. The fourth-order valence-corrected chi connectivity index (χ4v) is 2.39. The van der Waals surface area contributed by atoms with Gasteiger partial charge >= 0.3 is 0 Å². The number of ether oxygens (including phenoxy) is 1. The Labute approximate surface area is 150 Å². The fraction of sp³-hybridized carbons (Fsp3) is 0.316. The van der Waals surface area contributed by atoms with Crippen LogP contribution in [0.1, 0.15) is 29.2 Å². The van der Waals surface area contributed by atoms with Crippen LogP contribution in [0.15, 0.2) is 48.5 Å². The second-order valence-corrected chi connectivity index (χ2v) is 5.54. The zero-order chi connectivity index (χ0) is 16.7. The Morgan fingerprint density at radius 2 is 1.58 bits per heavy atom. The molecular formula is C19H25ClN2O2. The molecule has 0 saturated carbocycles. The Morgan fingerprint density at radius 3 is 2.08 bits per heavy atom. The lowest BCUT2D eigenvalue weighted by atomic mass is 9.97. The summed E-state index contributed by atoms with van der Waals surface area (Å²) in [6.07, 6.45) is 0.453. The summed E-state index contributed by atoms with van der Waals surface area (Å²) in [6, 6.07) is 15.9. The number of carbonyl (C=O) groups is 1. The fourth-order valence-electron chi connectivity index (χ4n) is 2.39. The lowest BCUT2D eigenvalue weighted by Gasteiger charge is -2.20. The minimum Gasteiger partial charge on any atom is -0.497 e. The van der Waals surface area contributed by atoms with Gasteiger partial charge in [0.25, 0.3) is 0 Å². The van der Waals surface area contributed by atoms with Crippen LogP contribution in [-0.2, 0) is 4.79 Å². The van der Waals surface area contributed by atoms with Crippen molar-refractivity contribution in [1.82, 2.24) is 10.6 Å². The number of methoxy groups -OCH3 is 1. The molecule has 130 valence electrons. The maximum Gasteiger partial charge on any atom is 0.222 e. The summed E-state index contributed by atoms with van der Waals surface area (Å²) in [7, 11) is 3.49. The lowest BCUT2D eigenvalue weighted by Crippen LogP contribution is -2.31. The highest BCUT2D eigenvalue weighted by atomic mass is 35.5. The molecule has 0 saturated heterocycles. The number of aryl methyl sites for hydroxylation is 1. The van der Waals surface area contributed by atoms with Crippen molar-refractivity contribution in [3.8, 4) is 5.75 Å². The molecule has 2 aromatic rings. The van der Waals surface area contributed by atoms with E-state index in [0.717, 1.165) is 16.9 Å². The van der Waals surface area contributed by atoms with Gasteiger partial charge in [0.1, 0.15) is 5.75 Å². The quantitative estimate of drug-likeness (QED) is 0.807. The van der Waals surface area contributed by atoms with Gasteiger partial charge in [0.05, 0.1) is 13.2 Å². The summed E-state index contributed by atoms with van der Waals surface area (Å²) >= 11 is 0. The van der Waals surface area contributed by atoms with Crippen molar-refractivity contribution in [1.29, 1.82) is 0 Å². The van der Waals surface area contributed by atoms with E-state index in [1.54, 1.807) is 7.11 Å². The van der Waals surface area contributed by atoms with E-state index >= 15 is 0 Å². The maximum absolute atomic E-state index is 12.2. The van der Waals surface area contributed by atoms with Gasteiger partial charge in [0.2, 0.25) is 5.91 Å². The molecule has 2 N–H and O–H groups in total. The minimum absolute atomic E-state index is 0. The van der Waals surface area contributed by atoms with Crippen molar-refractivity contribution >= 4 is 18.3 Å². The van der Waals surface area contributed by atoms with Crippen molar-refractivity contribution in [2.24, 2.45) is 0 Å². The van der Waals surface area contributed by atoms with Crippen molar-refractivity contribution in [3.63, 3.8) is 0 Å². The van der Waals surface area contributed by atoms with E-state index in [4.69, 9.17) is 4.74 Å². The largest absolute Gasteiger partial charge is 0.497 e. The van der Waals surface area contributed by atoms with Gasteiger partial charge < -0.3 is 15.4 Å². The van der Waals surface area contributed by atoms with Crippen LogP contribution >= 0.6 is 12.4 Å². The number of amides is 1. The molecular weight excluding hydrogens is 324 g/mol. The highest BCUT2D eigenvalue weighted by Crippen LogP contribution is 2.24. The first-order valence-corrected chi connectivity index (χ1v) is 7.78. The van der Waals surface area contributed by atoms with Gasteiger partial charge in [-0.15, -0.1) is 12.4 Å². The van der Waals surface area contributed by atoms with E-state index in [1.165, 1.54) is 5.56 Å². The standard InChI is InChI=1S/C19H24N2O2.ClH/c1-14-4-6-15(7-5-14)19(21-18(22)12-13-20-2)16-8-10-17(23-3)11-9-16;/h4-11,19-20H,12-13H2,1-3H3,(H,21,22);1H. The van der Waals surface area contributed by atoms with Crippen molar-refractivity contribution in [2.45, 2.75) is 19.4 Å². The van der Waals surface area contributed by atoms with E-state index in [-0.39, 0.29) is 24.4 Å². The van der Waals surface area contributed by atoms with Gasteiger partial charge in [-0.05, 0) is 37.2 Å². The molecule has 0 aliphatic rings. The average molecular weight is 349 g/mol. The highest BCUT2D eigenvalue weighted by molar-refractivity contribution is 5.85. The molecule has 2 aromatic carbocycles. The lowest BCUT2D eigenvalue weighted by molar-refractivity contribution is -0.121. The zero-order valence-electron chi connectivity index (χ0n) is 14.3. The molecule has 4 nitrogen and oxygen atoms in total. The van der Waals surface area contributed by atoms with E-state index in [2.05, 4.69) is 41.8 Å². The molecule has 0 aliphatic heterocycles. The van der Waals surface area contributed by atoms with Crippen LogP contribution < -0.4 is 15.4 Å². The molecule has 2 rings (SSSR count). The SMILES string of the molecule is CNCCC(=O)NC(c1ccc(C)cc1)c1ccc(OC)cc1.Cl. The normalized spacial score (nSPS) is 11.3. The third kappa shape index (κ3) is 5.55. The van der Waals surface area contributed by atoms with Crippen LogP contribution in [0.3, 0.4) is 0 Å². The molecule has 0 bridgehead atoms. The van der Waals surface area contributed by atoms with Crippen LogP contribution in [0, 0.1) is 6.92 Å². The zero-order valence-corrected chi connectivity index (χ0v) is 15.2. The van der Waals surface area contributed by atoms with Gasteiger partial charge in [-0.3, -0.25) is 4.79 Å². The summed E-state index contributed by atoms with van der Waals surface area (Å²) in [6.45, 7) is 2.72. The number of hydrogen-bond acceptors (Lipinski definition) is 3. The van der Waals surface area contributed by atoms with Gasteiger partial charge in [0.15, 0.2) is 0 Å². The molecule has 0 radical (unpaired) electrons. The van der Waals surface area contributed by atoms with E-state index < -0.39 is 0 Å². The highest BCUT2D eigenvalue weighted by Gasteiger charge is 2.16. The third-order valence-corrected chi connectivity index (χ3v) is 3.77. The first-order valence-electron chi connectivity index (χ1n) is 7.78. The van der Waals surface area contributed by atoms with Gasteiger partial charge in [-0.2, -0.15) is 0 Å². The molecule has 1 atom stereocenters. The second-order valence-electron chi connectivity index (χ2n) is 5.54. The van der Waals surface area contributed by atoms with Crippen LogP contribution in [-0.4, -0.2) is 26.6 Å². The van der Waals surface area contributed by atoms with Gasteiger partial charge in [0, 0.05) is 13.0 Å². The topological polar surface area (TPSA) is 50.4 Å². The van der Waals surface area contributed by atoms with Gasteiger partial charge in [-0.1, -0.05) is 42.0 Å². The molecule has 0 aliphatic carbocycles. The van der Waals surface area contributed by atoms with Crippen molar-refractivity contribution in [3.05, 3.63) is 65.2 Å². The number of halogens is 1. The Balaban J connectivity index is 0.00000288. The van der Waals surface area contributed by atoms with Crippen LogP contribution in [0.5, 0.6) is 5.75 Å². The summed E-state index contributed by atoms with van der Waals surface area (Å²) in [4.78, 5) is 12.2. The second kappa shape index (κ2) is 9.96. The number of hydrogen-bond donors (Lipinski definition) is 2. The first kappa shape index (κ1) is 20.0. The smallest absolute Gasteiger partial charge is 0.222 e. The van der Waals surface area contributed by atoms with Crippen LogP contribution in [0.4, 0.5) is 0 Å². The molecule has 1 amide bonds. The van der Waals surface area contributed by atoms with Gasteiger partial charge in [-0.25, -0.2) is 0 Å². The predicted octanol–water partition coefficient (Wildman–Crippen LogP) is 3.24. The Kier molecular flexibility index (Phi) is 8.30. The third-order valence-electron chi connectivity index (χ3n) is 3.77. The molecule has 0 aromatic heterocycles. The van der Waals surface area contributed by atoms with E-state index in [1.807, 2.05) is 31.3 Å². The van der Waals surface area contributed by atoms with Crippen LogP contribution in [0.2, 0.25) is 0 Å². The molecule has 1 unspecified atom stereocenters. The summed E-state index contributed by atoms with van der Waals surface area (Å²) in [5, 5.41) is 6.12. The van der Waals surface area contributed by atoms with Crippen LogP contribution in [0.25, 0.3) is 0 Å². The summed E-state index contributed by atoms with van der Waals surface area (Å²) in [5.74, 6) is 0.832. The summed E-state index contributed by atoms with van der Waals surface area (Å²) < 4.78 is 5.21. The Bertz CT molecular complexity index is 627. The van der Waals surface area contributed by atoms with E-state index in [9.17, 15) is 4.79 Å². The molecule has 0 fully saturated rings. The molecule has 5 heteroatoms. The number of benzene rings is 2. The van der Waals surface area contributed by atoms with E-state index in [0.29, 0.717) is 13.0 Å². The average Bonchev–Trinajstić information content (AvgIpc) is 2.59. The van der Waals surface area contributed by atoms with Crippen molar-refractivity contribution in [2.75, 3.05) is 20.7 Å². The number of carbonyl (C=O) groups excluding carboxylic acids is 1. The number of rotatable bonds is 7. The minimum atomic E-state index is -0.161. The Hall–Kier alpha value is -2.04. The molecule has 24 heavy (non-hydrogen) atoms. The Morgan fingerprint density at radius 1 is 1.04 bits per heavy atom.